The van der Waals surface area contributed by atoms with Gasteiger partial charge in [-0.2, -0.15) is 0 Å². The Labute approximate surface area is 76.0 Å². The van der Waals surface area contributed by atoms with E-state index in [0.717, 1.165) is 10.6 Å². The SMILES string of the molecule is C=C=C(CN)COc1cccs1. The molecule has 2 nitrogen and oxygen atoms in total. The Morgan fingerprint density at radius 3 is 3.08 bits per heavy atom. The summed E-state index contributed by atoms with van der Waals surface area (Å²) in [7, 11) is 0. The van der Waals surface area contributed by atoms with Crippen LogP contribution in [0.15, 0.2) is 35.4 Å². The van der Waals surface area contributed by atoms with Crippen LogP contribution < -0.4 is 10.5 Å². The van der Waals surface area contributed by atoms with E-state index in [-0.39, 0.29) is 0 Å². The van der Waals surface area contributed by atoms with Gasteiger partial charge in [0.2, 0.25) is 0 Å². The van der Waals surface area contributed by atoms with Gasteiger partial charge in [0, 0.05) is 12.1 Å². The molecule has 0 saturated carbocycles. The van der Waals surface area contributed by atoms with Crippen molar-refractivity contribution in [1.29, 1.82) is 0 Å². The van der Waals surface area contributed by atoms with E-state index >= 15 is 0 Å². The molecule has 1 heterocycles. The average molecular weight is 181 g/mol. The zero-order valence-corrected chi connectivity index (χ0v) is 7.56. The van der Waals surface area contributed by atoms with Crippen molar-refractivity contribution in [2.45, 2.75) is 0 Å². The van der Waals surface area contributed by atoms with Crippen molar-refractivity contribution in [3.05, 3.63) is 35.4 Å². The summed E-state index contributed by atoms with van der Waals surface area (Å²) >= 11 is 1.56. The van der Waals surface area contributed by atoms with Crippen LogP contribution in [0.3, 0.4) is 0 Å². The predicted octanol–water partition coefficient (Wildman–Crippen LogP) is 1.80. The largest absolute Gasteiger partial charge is 0.479 e. The molecule has 0 aliphatic rings. The van der Waals surface area contributed by atoms with Gasteiger partial charge < -0.3 is 10.5 Å². The molecule has 12 heavy (non-hydrogen) atoms. The van der Waals surface area contributed by atoms with E-state index in [1.807, 2.05) is 17.5 Å². The van der Waals surface area contributed by atoms with Crippen LogP contribution in [0.4, 0.5) is 0 Å². The summed E-state index contributed by atoms with van der Waals surface area (Å²) in [5.41, 5.74) is 9.03. The number of ether oxygens (including phenoxy) is 1. The molecule has 0 bridgehead atoms. The Morgan fingerprint density at radius 1 is 1.75 bits per heavy atom. The molecule has 1 aromatic heterocycles. The van der Waals surface area contributed by atoms with Gasteiger partial charge in [0.05, 0.1) is 0 Å². The topological polar surface area (TPSA) is 35.2 Å². The highest BCUT2D eigenvalue weighted by Crippen LogP contribution is 2.18. The summed E-state index contributed by atoms with van der Waals surface area (Å²) in [5.74, 6) is 0. The van der Waals surface area contributed by atoms with Gasteiger partial charge in [-0.25, -0.2) is 0 Å². The zero-order chi connectivity index (χ0) is 8.81. The molecule has 0 aliphatic carbocycles. The third kappa shape index (κ3) is 2.55. The summed E-state index contributed by atoms with van der Waals surface area (Å²) in [4.78, 5) is 0. The first kappa shape index (κ1) is 9.07. The van der Waals surface area contributed by atoms with E-state index in [1.54, 1.807) is 11.3 Å². The summed E-state index contributed by atoms with van der Waals surface area (Å²) in [6, 6.07) is 3.86. The minimum absolute atomic E-state index is 0.453. The summed E-state index contributed by atoms with van der Waals surface area (Å²) < 4.78 is 5.39. The van der Waals surface area contributed by atoms with Crippen LogP contribution in [0, 0.1) is 0 Å². The maximum atomic E-state index is 5.41. The van der Waals surface area contributed by atoms with Crippen molar-refractivity contribution in [2.75, 3.05) is 13.2 Å². The van der Waals surface area contributed by atoms with Gasteiger partial charge in [-0.1, -0.05) is 6.58 Å². The number of hydrogen-bond donors (Lipinski definition) is 1. The highest BCUT2D eigenvalue weighted by atomic mass is 32.1. The Balaban J connectivity index is 2.40. The second-order valence-electron chi connectivity index (χ2n) is 2.21. The second kappa shape index (κ2) is 4.78. The molecule has 0 unspecified atom stereocenters. The molecule has 1 rings (SSSR count). The lowest BCUT2D eigenvalue weighted by atomic mass is 10.3. The first-order valence-corrected chi connectivity index (χ1v) is 4.49. The lowest BCUT2D eigenvalue weighted by Gasteiger charge is -2.02. The Kier molecular flexibility index (Phi) is 3.61. The molecule has 0 amide bonds. The van der Waals surface area contributed by atoms with Crippen LogP contribution in [0.2, 0.25) is 0 Å². The molecule has 0 radical (unpaired) electrons. The number of rotatable bonds is 4. The molecule has 0 spiro atoms. The number of nitrogens with two attached hydrogens (primary N) is 1. The predicted molar refractivity (Wildman–Crippen MR) is 51.5 cm³/mol. The van der Waals surface area contributed by atoms with Crippen LogP contribution in [-0.2, 0) is 0 Å². The van der Waals surface area contributed by atoms with Crippen molar-refractivity contribution in [1.82, 2.24) is 0 Å². The fourth-order valence-corrected chi connectivity index (χ4v) is 1.26. The first-order chi connectivity index (χ1) is 5.86. The average Bonchev–Trinajstić information content (AvgIpc) is 2.59. The highest BCUT2D eigenvalue weighted by Gasteiger charge is 1.95. The second-order valence-corrected chi connectivity index (χ2v) is 3.12. The fraction of sp³-hybridized carbons (Fsp3) is 0.222. The van der Waals surface area contributed by atoms with Crippen molar-refractivity contribution >= 4 is 11.3 Å². The van der Waals surface area contributed by atoms with Crippen molar-refractivity contribution in [3.63, 3.8) is 0 Å². The van der Waals surface area contributed by atoms with Crippen LogP contribution in [0.25, 0.3) is 0 Å². The van der Waals surface area contributed by atoms with Gasteiger partial charge in [0.25, 0.3) is 0 Å². The van der Waals surface area contributed by atoms with Crippen LogP contribution >= 0.6 is 11.3 Å². The van der Waals surface area contributed by atoms with Crippen LogP contribution in [-0.4, -0.2) is 13.2 Å². The minimum Gasteiger partial charge on any atom is -0.479 e. The third-order valence-electron chi connectivity index (χ3n) is 1.38. The first-order valence-electron chi connectivity index (χ1n) is 3.61. The lowest BCUT2D eigenvalue weighted by molar-refractivity contribution is 0.361. The Hall–Kier alpha value is -1.02. The number of thiophene rings is 1. The molecule has 0 atom stereocenters. The lowest BCUT2D eigenvalue weighted by Crippen LogP contribution is -2.09. The highest BCUT2D eigenvalue weighted by molar-refractivity contribution is 7.11. The van der Waals surface area contributed by atoms with E-state index in [0.29, 0.717) is 13.2 Å². The van der Waals surface area contributed by atoms with E-state index in [1.165, 1.54) is 0 Å². The maximum Gasteiger partial charge on any atom is 0.174 e. The van der Waals surface area contributed by atoms with Gasteiger partial charge in [-0.15, -0.1) is 17.1 Å². The molecule has 0 aliphatic heterocycles. The van der Waals surface area contributed by atoms with Gasteiger partial charge >= 0.3 is 0 Å². The van der Waals surface area contributed by atoms with Crippen LogP contribution in [0.5, 0.6) is 5.06 Å². The monoisotopic (exact) mass is 181 g/mol. The van der Waals surface area contributed by atoms with E-state index < -0.39 is 0 Å². The fourth-order valence-electron chi connectivity index (χ4n) is 0.686. The van der Waals surface area contributed by atoms with Gasteiger partial charge in [-0.3, -0.25) is 0 Å². The normalized spacial score (nSPS) is 9.08. The molecule has 64 valence electrons. The van der Waals surface area contributed by atoms with Crippen LogP contribution in [0.1, 0.15) is 0 Å². The molecule has 0 saturated heterocycles. The molecule has 0 aromatic carbocycles. The maximum absolute atomic E-state index is 5.41. The number of hydrogen-bond acceptors (Lipinski definition) is 3. The zero-order valence-electron chi connectivity index (χ0n) is 6.75. The summed E-state index contributed by atoms with van der Waals surface area (Å²) in [6.45, 7) is 4.45. The quantitative estimate of drug-likeness (QED) is 0.719. The third-order valence-corrected chi connectivity index (χ3v) is 2.16. The summed E-state index contributed by atoms with van der Waals surface area (Å²) in [5, 5.41) is 2.87. The molecule has 3 heteroatoms. The molecule has 2 N–H and O–H groups in total. The standard InChI is InChI=1S/C9H11NOS/c1-2-8(6-10)7-11-9-4-3-5-12-9/h3-5H,1,6-7,10H2. The summed E-state index contributed by atoms with van der Waals surface area (Å²) in [6.07, 6.45) is 0. The van der Waals surface area contributed by atoms with Crippen molar-refractivity contribution in [3.8, 4) is 5.06 Å². The van der Waals surface area contributed by atoms with Crippen molar-refractivity contribution < 1.29 is 4.74 Å². The molecule has 1 aromatic rings. The van der Waals surface area contributed by atoms with Gasteiger partial charge in [0.1, 0.15) is 6.61 Å². The smallest absolute Gasteiger partial charge is 0.174 e. The Bertz CT molecular complexity index is 273. The van der Waals surface area contributed by atoms with Gasteiger partial charge in [0.15, 0.2) is 5.06 Å². The molecular weight excluding hydrogens is 170 g/mol. The van der Waals surface area contributed by atoms with E-state index in [9.17, 15) is 0 Å². The van der Waals surface area contributed by atoms with Gasteiger partial charge in [-0.05, 0) is 17.5 Å². The van der Waals surface area contributed by atoms with Crippen molar-refractivity contribution in [2.24, 2.45) is 5.73 Å². The minimum atomic E-state index is 0.453. The molecule has 0 fully saturated rings. The van der Waals surface area contributed by atoms with E-state index in [2.05, 4.69) is 12.3 Å². The Morgan fingerprint density at radius 2 is 2.58 bits per heavy atom. The van der Waals surface area contributed by atoms with E-state index in [4.69, 9.17) is 10.5 Å². The molecular formula is C9H11NOS.